The number of fused-ring (bicyclic) bond motifs is 1. The topological polar surface area (TPSA) is 48.5 Å². The summed E-state index contributed by atoms with van der Waals surface area (Å²) >= 11 is 0. The lowest BCUT2D eigenvalue weighted by Crippen LogP contribution is -2.20. The van der Waals surface area contributed by atoms with Gasteiger partial charge in [-0.1, -0.05) is 0 Å². The third-order valence-electron chi connectivity index (χ3n) is 4.16. The van der Waals surface area contributed by atoms with Gasteiger partial charge < -0.3 is 9.14 Å². The minimum absolute atomic E-state index is 0.186. The molecule has 4 rings (SSSR count). The molecule has 0 fully saturated rings. The van der Waals surface area contributed by atoms with Gasteiger partial charge in [0, 0.05) is 30.2 Å². The molecule has 27 heavy (non-hydrogen) atoms. The van der Waals surface area contributed by atoms with Crippen molar-refractivity contribution in [2.24, 2.45) is 0 Å². The first-order valence-corrected chi connectivity index (χ1v) is 8.36. The molecule has 0 spiro atoms. The molecule has 0 amide bonds. The minimum atomic E-state index is -1.02. The summed E-state index contributed by atoms with van der Waals surface area (Å²) in [7, 11) is 0. The van der Waals surface area contributed by atoms with Gasteiger partial charge in [0.2, 0.25) is 5.65 Å². The van der Waals surface area contributed by atoms with E-state index in [4.69, 9.17) is 4.74 Å². The van der Waals surface area contributed by atoms with E-state index in [0.717, 1.165) is 23.4 Å². The second-order valence-electron chi connectivity index (χ2n) is 5.89. The number of halogens is 2. The predicted octanol–water partition coefficient (Wildman–Crippen LogP) is 3.83. The van der Waals surface area contributed by atoms with Crippen LogP contribution in [0.4, 0.5) is 8.78 Å². The summed E-state index contributed by atoms with van der Waals surface area (Å²) in [6, 6.07) is 10.7. The van der Waals surface area contributed by atoms with E-state index in [1.807, 2.05) is 31.2 Å². The molecule has 0 bridgehead atoms. The van der Waals surface area contributed by atoms with Gasteiger partial charge in [-0.05, 0) is 43.3 Å². The second-order valence-corrected chi connectivity index (χ2v) is 5.89. The summed E-state index contributed by atoms with van der Waals surface area (Å²) in [5.74, 6) is -1.23. The van der Waals surface area contributed by atoms with Crippen molar-refractivity contribution in [3.05, 3.63) is 83.0 Å². The van der Waals surface area contributed by atoms with Crippen LogP contribution in [0.2, 0.25) is 0 Å². The van der Waals surface area contributed by atoms with E-state index in [1.165, 1.54) is 16.8 Å². The van der Waals surface area contributed by atoms with E-state index in [0.29, 0.717) is 12.3 Å². The standard InChI is InChI=1S/C20H15F2N3O2/c1-2-27-15-6-3-13(4-7-15)18-12-24-9-10-25(20(26)19(24)23-18)14-5-8-16(21)17(22)11-14/h3-12H,2H2,1H3. The molecule has 0 radical (unpaired) electrons. The second kappa shape index (κ2) is 6.68. The van der Waals surface area contributed by atoms with Gasteiger partial charge in [0.1, 0.15) is 5.75 Å². The molecule has 7 heteroatoms. The fourth-order valence-electron chi connectivity index (χ4n) is 2.85. The molecular formula is C20H15F2N3O2. The maximum absolute atomic E-state index is 13.5. The van der Waals surface area contributed by atoms with Crippen LogP contribution < -0.4 is 10.3 Å². The Morgan fingerprint density at radius 2 is 1.81 bits per heavy atom. The Morgan fingerprint density at radius 1 is 1.04 bits per heavy atom. The zero-order valence-corrected chi connectivity index (χ0v) is 14.4. The van der Waals surface area contributed by atoms with Crippen molar-refractivity contribution in [3.63, 3.8) is 0 Å². The van der Waals surface area contributed by atoms with Gasteiger partial charge in [-0.25, -0.2) is 13.8 Å². The van der Waals surface area contributed by atoms with Crippen molar-refractivity contribution in [3.8, 4) is 22.7 Å². The van der Waals surface area contributed by atoms with Crippen LogP contribution in [-0.4, -0.2) is 20.6 Å². The van der Waals surface area contributed by atoms with E-state index in [2.05, 4.69) is 4.98 Å². The van der Waals surface area contributed by atoms with Crippen LogP contribution in [0.25, 0.3) is 22.6 Å². The molecule has 0 aliphatic rings. The van der Waals surface area contributed by atoms with E-state index < -0.39 is 17.2 Å². The number of imidazole rings is 1. The molecule has 0 N–H and O–H groups in total. The molecule has 2 aromatic heterocycles. The highest BCUT2D eigenvalue weighted by atomic mass is 19.2. The van der Waals surface area contributed by atoms with Gasteiger partial charge in [0.05, 0.1) is 18.0 Å². The number of rotatable bonds is 4. The Balaban J connectivity index is 1.78. The number of benzene rings is 2. The molecule has 0 aliphatic carbocycles. The van der Waals surface area contributed by atoms with Crippen molar-refractivity contribution in [1.29, 1.82) is 0 Å². The number of aromatic nitrogens is 3. The van der Waals surface area contributed by atoms with Crippen LogP contribution >= 0.6 is 0 Å². The number of hydrogen-bond donors (Lipinski definition) is 0. The van der Waals surface area contributed by atoms with Crippen molar-refractivity contribution in [1.82, 2.24) is 14.0 Å². The fourth-order valence-corrected chi connectivity index (χ4v) is 2.85. The summed E-state index contributed by atoms with van der Waals surface area (Å²) in [6.45, 7) is 2.49. The Morgan fingerprint density at radius 3 is 2.52 bits per heavy atom. The van der Waals surface area contributed by atoms with Gasteiger partial charge in [-0.3, -0.25) is 9.36 Å². The molecule has 0 saturated carbocycles. The molecule has 2 heterocycles. The largest absolute Gasteiger partial charge is 0.494 e. The van der Waals surface area contributed by atoms with Crippen molar-refractivity contribution in [2.45, 2.75) is 6.92 Å². The van der Waals surface area contributed by atoms with E-state index >= 15 is 0 Å². The predicted molar refractivity (Wildman–Crippen MR) is 97.3 cm³/mol. The zero-order chi connectivity index (χ0) is 19.0. The normalized spacial score (nSPS) is 11.1. The Bertz CT molecular complexity index is 1180. The first-order chi connectivity index (χ1) is 13.1. The monoisotopic (exact) mass is 367 g/mol. The van der Waals surface area contributed by atoms with Crippen molar-refractivity contribution >= 4 is 5.65 Å². The zero-order valence-electron chi connectivity index (χ0n) is 14.4. The maximum Gasteiger partial charge on any atom is 0.298 e. The SMILES string of the molecule is CCOc1ccc(-c2cn3ccn(-c4ccc(F)c(F)c4)c(=O)c3n2)cc1. The lowest BCUT2D eigenvalue weighted by atomic mass is 10.2. The van der Waals surface area contributed by atoms with Crippen LogP contribution in [0, 0.1) is 11.6 Å². The number of hydrogen-bond acceptors (Lipinski definition) is 3. The quantitative estimate of drug-likeness (QED) is 0.551. The summed E-state index contributed by atoms with van der Waals surface area (Å²) in [5.41, 5.74) is 1.44. The first kappa shape index (κ1) is 17.0. The van der Waals surface area contributed by atoms with Gasteiger partial charge in [-0.15, -0.1) is 0 Å². The third-order valence-corrected chi connectivity index (χ3v) is 4.16. The van der Waals surface area contributed by atoms with E-state index in [9.17, 15) is 13.6 Å². The molecule has 5 nitrogen and oxygen atoms in total. The van der Waals surface area contributed by atoms with Crippen LogP contribution in [-0.2, 0) is 0 Å². The van der Waals surface area contributed by atoms with Gasteiger partial charge in [0.15, 0.2) is 11.6 Å². The van der Waals surface area contributed by atoms with Crippen molar-refractivity contribution < 1.29 is 13.5 Å². The van der Waals surface area contributed by atoms with E-state index in [-0.39, 0.29) is 11.3 Å². The Labute approximate surface area is 153 Å². The molecule has 136 valence electrons. The lowest BCUT2D eigenvalue weighted by molar-refractivity contribution is 0.340. The van der Waals surface area contributed by atoms with Crippen LogP contribution in [0.15, 0.2) is 65.8 Å². The fraction of sp³-hybridized carbons (Fsp3) is 0.100. The third kappa shape index (κ3) is 3.08. The number of nitrogens with zero attached hydrogens (tertiary/aromatic N) is 3. The summed E-state index contributed by atoms with van der Waals surface area (Å²) in [4.78, 5) is 17.2. The highest BCUT2D eigenvalue weighted by molar-refractivity contribution is 5.63. The van der Waals surface area contributed by atoms with Crippen LogP contribution in [0.1, 0.15) is 6.92 Å². The number of ether oxygens (including phenoxy) is 1. The molecule has 0 atom stereocenters. The summed E-state index contributed by atoms with van der Waals surface area (Å²) < 4.78 is 34.9. The van der Waals surface area contributed by atoms with Gasteiger partial charge in [-0.2, -0.15) is 0 Å². The highest BCUT2D eigenvalue weighted by Crippen LogP contribution is 2.22. The van der Waals surface area contributed by atoms with Crippen LogP contribution in [0.3, 0.4) is 0 Å². The van der Waals surface area contributed by atoms with E-state index in [1.54, 1.807) is 16.8 Å². The lowest BCUT2D eigenvalue weighted by Gasteiger charge is -2.06. The van der Waals surface area contributed by atoms with Gasteiger partial charge in [0.25, 0.3) is 5.56 Å². The van der Waals surface area contributed by atoms with Crippen LogP contribution in [0.5, 0.6) is 5.75 Å². The smallest absolute Gasteiger partial charge is 0.298 e. The Hall–Kier alpha value is -3.48. The maximum atomic E-state index is 13.5. The highest BCUT2D eigenvalue weighted by Gasteiger charge is 2.12. The molecule has 0 saturated heterocycles. The molecule has 4 aromatic rings. The molecule has 0 unspecified atom stereocenters. The Kier molecular flexibility index (Phi) is 4.19. The molecular weight excluding hydrogens is 352 g/mol. The summed E-state index contributed by atoms with van der Waals surface area (Å²) in [5, 5.41) is 0. The average Bonchev–Trinajstić information content (AvgIpc) is 3.11. The molecule has 0 aliphatic heterocycles. The molecule has 2 aromatic carbocycles. The van der Waals surface area contributed by atoms with Gasteiger partial charge >= 0.3 is 0 Å². The first-order valence-electron chi connectivity index (χ1n) is 8.36. The average molecular weight is 367 g/mol. The summed E-state index contributed by atoms with van der Waals surface area (Å²) in [6.07, 6.45) is 4.87. The van der Waals surface area contributed by atoms with Crippen molar-refractivity contribution in [2.75, 3.05) is 6.61 Å². The minimum Gasteiger partial charge on any atom is -0.494 e.